The second-order valence-electron chi connectivity index (χ2n) is 3.57. The predicted octanol–water partition coefficient (Wildman–Crippen LogP) is 0.846. The van der Waals surface area contributed by atoms with Crippen molar-refractivity contribution < 1.29 is 18.3 Å². The fourth-order valence-electron chi connectivity index (χ4n) is 1.66. The van der Waals surface area contributed by atoms with Gasteiger partial charge in [0.2, 0.25) is 0 Å². The summed E-state index contributed by atoms with van der Waals surface area (Å²) in [4.78, 5) is 12.3. The molecular formula is C9H10O4S2. The highest BCUT2D eigenvalue weighted by molar-refractivity contribution is 7.90. The van der Waals surface area contributed by atoms with Crippen molar-refractivity contribution in [1.82, 2.24) is 0 Å². The maximum Gasteiger partial charge on any atom is 0.308 e. The molecule has 1 N–H and O–H groups in total. The molecule has 0 radical (unpaired) electrons. The lowest BCUT2D eigenvalue weighted by Gasteiger charge is -2.10. The summed E-state index contributed by atoms with van der Waals surface area (Å²) in [5.74, 6) is -0.623. The van der Waals surface area contributed by atoms with Gasteiger partial charge in [0.25, 0.3) is 0 Å². The van der Waals surface area contributed by atoms with Gasteiger partial charge in [-0.05, 0) is 18.1 Å². The van der Waals surface area contributed by atoms with Crippen LogP contribution in [0.1, 0.15) is 15.3 Å². The maximum absolute atomic E-state index is 11.3. The zero-order valence-electron chi connectivity index (χ0n) is 7.89. The summed E-state index contributed by atoms with van der Waals surface area (Å²) in [6, 6.07) is 1.71. The lowest BCUT2D eigenvalue weighted by Crippen LogP contribution is -2.16. The number of rotatable bonds is 2. The lowest BCUT2D eigenvalue weighted by atomic mass is 10.2. The Bertz CT molecular complexity index is 498. The molecule has 6 heteroatoms. The topological polar surface area (TPSA) is 71.4 Å². The first-order chi connectivity index (χ1) is 6.96. The van der Waals surface area contributed by atoms with E-state index < -0.39 is 15.8 Å². The summed E-state index contributed by atoms with van der Waals surface area (Å²) in [7, 11) is -2.95. The fourth-order valence-corrected chi connectivity index (χ4v) is 4.45. The number of carboxylic acids is 1. The number of fused-ring (bicyclic) bond motifs is 1. The standard InChI is InChI=1S/C9H10O4S2/c10-9(11)4-7-3-6-5-15(12,13)2-1-8(6)14-7/h3H,1-2,4-5H2,(H,10,11). The number of hydrogen-bond acceptors (Lipinski definition) is 4. The van der Waals surface area contributed by atoms with E-state index >= 15 is 0 Å². The largest absolute Gasteiger partial charge is 0.481 e. The van der Waals surface area contributed by atoms with Crippen molar-refractivity contribution >= 4 is 27.1 Å². The number of aryl methyl sites for hydroxylation is 1. The minimum atomic E-state index is -2.95. The molecular weight excluding hydrogens is 236 g/mol. The molecule has 0 atom stereocenters. The third-order valence-electron chi connectivity index (χ3n) is 2.29. The summed E-state index contributed by atoms with van der Waals surface area (Å²) >= 11 is 1.42. The summed E-state index contributed by atoms with van der Waals surface area (Å²) in [6.07, 6.45) is 0.514. The van der Waals surface area contributed by atoms with E-state index in [2.05, 4.69) is 0 Å². The molecule has 0 spiro atoms. The first-order valence-corrected chi connectivity index (χ1v) is 7.13. The van der Waals surface area contributed by atoms with Gasteiger partial charge in [-0.3, -0.25) is 4.79 Å². The van der Waals surface area contributed by atoms with Crippen LogP contribution in [-0.2, 0) is 33.2 Å². The van der Waals surface area contributed by atoms with Gasteiger partial charge in [0.05, 0.1) is 17.9 Å². The molecule has 0 saturated heterocycles. The average molecular weight is 246 g/mol. The van der Waals surface area contributed by atoms with Gasteiger partial charge in [-0.15, -0.1) is 11.3 Å². The molecule has 1 aliphatic heterocycles. The molecule has 2 heterocycles. The normalized spacial score (nSPS) is 18.4. The molecule has 0 unspecified atom stereocenters. The van der Waals surface area contributed by atoms with Gasteiger partial charge < -0.3 is 5.11 Å². The van der Waals surface area contributed by atoms with Gasteiger partial charge in [-0.25, -0.2) is 8.42 Å². The van der Waals surface area contributed by atoms with Gasteiger partial charge >= 0.3 is 5.97 Å². The van der Waals surface area contributed by atoms with E-state index in [0.717, 1.165) is 15.3 Å². The molecule has 1 aromatic heterocycles. The minimum absolute atomic E-state index is 0.0162. The number of aliphatic carboxylic acids is 1. The van der Waals surface area contributed by atoms with Crippen molar-refractivity contribution in [3.8, 4) is 0 Å². The van der Waals surface area contributed by atoms with E-state index in [-0.39, 0.29) is 17.9 Å². The van der Waals surface area contributed by atoms with Crippen molar-refractivity contribution in [2.24, 2.45) is 0 Å². The van der Waals surface area contributed by atoms with Crippen LogP contribution in [0, 0.1) is 0 Å². The van der Waals surface area contributed by atoms with E-state index in [4.69, 9.17) is 5.11 Å². The first kappa shape index (κ1) is 10.6. The van der Waals surface area contributed by atoms with Gasteiger partial charge in [-0.1, -0.05) is 0 Å². The summed E-state index contributed by atoms with van der Waals surface area (Å²) in [5.41, 5.74) is 0.794. The molecule has 1 aliphatic rings. The Morgan fingerprint density at radius 3 is 2.93 bits per heavy atom. The highest BCUT2D eigenvalue weighted by Gasteiger charge is 2.23. The predicted molar refractivity (Wildman–Crippen MR) is 56.9 cm³/mol. The number of hydrogen-bond donors (Lipinski definition) is 1. The number of carbonyl (C=O) groups is 1. The van der Waals surface area contributed by atoms with Crippen LogP contribution >= 0.6 is 11.3 Å². The van der Waals surface area contributed by atoms with Gasteiger partial charge in [0, 0.05) is 9.75 Å². The van der Waals surface area contributed by atoms with Crippen LogP contribution in [0.2, 0.25) is 0 Å². The molecule has 0 aromatic carbocycles. The van der Waals surface area contributed by atoms with Crippen LogP contribution in [-0.4, -0.2) is 25.2 Å². The summed E-state index contributed by atoms with van der Waals surface area (Å²) < 4.78 is 22.7. The quantitative estimate of drug-likeness (QED) is 0.839. The van der Waals surface area contributed by atoms with E-state index in [1.165, 1.54) is 11.3 Å². The van der Waals surface area contributed by atoms with E-state index in [1.54, 1.807) is 6.07 Å². The lowest BCUT2D eigenvalue weighted by molar-refractivity contribution is -0.136. The zero-order valence-corrected chi connectivity index (χ0v) is 9.53. The van der Waals surface area contributed by atoms with E-state index in [0.29, 0.717) is 6.42 Å². The molecule has 82 valence electrons. The Kier molecular flexibility index (Phi) is 2.56. The van der Waals surface area contributed by atoms with Crippen molar-refractivity contribution in [3.05, 3.63) is 21.4 Å². The minimum Gasteiger partial charge on any atom is -0.481 e. The van der Waals surface area contributed by atoms with E-state index in [9.17, 15) is 13.2 Å². The van der Waals surface area contributed by atoms with Crippen LogP contribution in [0.15, 0.2) is 6.07 Å². The van der Waals surface area contributed by atoms with Crippen molar-refractivity contribution in [3.63, 3.8) is 0 Å². The van der Waals surface area contributed by atoms with Gasteiger partial charge in [0.1, 0.15) is 0 Å². The summed E-state index contributed by atoms with van der Waals surface area (Å²) in [5, 5.41) is 8.62. The molecule has 1 aromatic rings. The third kappa shape index (κ3) is 2.38. The van der Waals surface area contributed by atoms with Crippen molar-refractivity contribution in [1.29, 1.82) is 0 Å². The van der Waals surface area contributed by atoms with Crippen LogP contribution in [0.4, 0.5) is 0 Å². The molecule has 0 saturated carbocycles. The van der Waals surface area contributed by atoms with Crippen LogP contribution in [0.25, 0.3) is 0 Å². The van der Waals surface area contributed by atoms with Crippen LogP contribution in [0.3, 0.4) is 0 Å². The molecule has 0 amide bonds. The smallest absolute Gasteiger partial charge is 0.308 e. The molecule has 2 rings (SSSR count). The van der Waals surface area contributed by atoms with Crippen LogP contribution < -0.4 is 0 Å². The van der Waals surface area contributed by atoms with Gasteiger partial charge in [-0.2, -0.15) is 0 Å². The molecule has 0 aliphatic carbocycles. The Morgan fingerprint density at radius 2 is 2.27 bits per heavy atom. The molecule has 0 bridgehead atoms. The van der Waals surface area contributed by atoms with Gasteiger partial charge in [0.15, 0.2) is 9.84 Å². The van der Waals surface area contributed by atoms with Crippen molar-refractivity contribution in [2.75, 3.05) is 5.75 Å². The second kappa shape index (κ2) is 3.61. The Morgan fingerprint density at radius 1 is 1.53 bits per heavy atom. The first-order valence-electron chi connectivity index (χ1n) is 4.49. The highest BCUT2D eigenvalue weighted by Crippen LogP contribution is 2.29. The molecule has 4 nitrogen and oxygen atoms in total. The maximum atomic E-state index is 11.3. The number of thiophene rings is 1. The zero-order chi connectivity index (χ0) is 11.1. The number of carboxylic acid groups (broad SMARTS) is 1. The van der Waals surface area contributed by atoms with Crippen LogP contribution in [0.5, 0.6) is 0 Å². The Labute approximate surface area is 91.5 Å². The average Bonchev–Trinajstić information content (AvgIpc) is 2.42. The Hall–Kier alpha value is -0.880. The summed E-state index contributed by atoms with van der Waals surface area (Å²) in [6.45, 7) is 0. The monoisotopic (exact) mass is 246 g/mol. The fraction of sp³-hybridized carbons (Fsp3) is 0.444. The molecule has 15 heavy (non-hydrogen) atoms. The molecule has 0 fully saturated rings. The Balaban J connectivity index is 2.29. The second-order valence-corrected chi connectivity index (χ2v) is 6.98. The third-order valence-corrected chi connectivity index (χ3v) is 5.10. The number of sulfone groups is 1. The van der Waals surface area contributed by atoms with Crippen molar-refractivity contribution in [2.45, 2.75) is 18.6 Å². The SMILES string of the molecule is O=C(O)Cc1cc2c(s1)CCS(=O)(=O)C2. The van der Waals surface area contributed by atoms with E-state index in [1.807, 2.05) is 0 Å². The highest BCUT2D eigenvalue weighted by atomic mass is 32.2.